The summed E-state index contributed by atoms with van der Waals surface area (Å²) in [5.74, 6) is -1.51. The molecule has 1 unspecified atom stereocenters. The zero-order chi connectivity index (χ0) is 14.4. The second kappa shape index (κ2) is 6.43. The molecule has 0 radical (unpaired) electrons. The number of nitrogens with zero attached hydrogens (tertiary/aromatic N) is 1. The summed E-state index contributed by atoms with van der Waals surface area (Å²) in [4.78, 5) is 34.0. The quantitative estimate of drug-likeness (QED) is 0.666. The van der Waals surface area contributed by atoms with Crippen LogP contribution in [0.2, 0.25) is 0 Å². The average Bonchev–Trinajstić information content (AvgIpc) is 2.79. The number of carbonyl (C=O) groups excluding carboxylic acids is 2. The van der Waals surface area contributed by atoms with Crippen LogP contribution in [0, 0.1) is 0 Å². The van der Waals surface area contributed by atoms with Gasteiger partial charge in [0, 0.05) is 0 Å². The van der Waals surface area contributed by atoms with Crippen LogP contribution in [0.3, 0.4) is 0 Å². The number of furan rings is 1. The number of hydrogen-bond donors (Lipinski definition) is 3. The Morgan fingerprint density at radius 3 is 2.63 bits per heavy atom. The molecule has 1 atom stereocenters. The van der Waals surface area contributed by atoms with Gasteiger partial charge in [0.05, 0.1) is 12.3 Å². The van der Waals surface area contributed by atoms with Crippen LogP contribution in [0.25, 0.3) is 0 Å². The summed E-state index contributed by atoms with van der Waals surface area (Å²) in [6, 6.07) is 2.17. The molecule has 1 heterocycles. The van der Waals surface area contributed by atoms with Crippen molar-refractivity contribution in [3.8, 4) is 0 Å². The summed E-state index contributed by atoms with van der Waals surface area (Å²) < 4.78 is 5.10. The number of amides is 3. The zero-order valence-electron chi connectivity index (χ0n) is 10.3. The van der Waals surface area contributed by atoms with Crippen molar-refractivity contribution in [1.82, 2.24) is 10.2 Å². The molecule has 0 saturated carbocycles. The molecule has 1 aromatic heterocycles. The van der Waals surface area contributed by atoms with Gasteiger partial charge in [-0.05, 0) is 19.1 Å². The Labute approximate surface area is 109 Å². The first-order valence-corrected chi connectivity index (χ1v) is 5.49. The molecule has 8 nitrogen and oxygen atoms in total. The van der Waals surface area contributed by atoms with Gasteiger partial charge in [-0.2, -0.15) is 0 Å². The molecule has 4 N–H and O–H groups in total. The van der Waals surface area contributed by atoms with Crippen molar-refractivity contribution in [1.29, 1.82) is 0 Å². The second-order valence-electron chi connectivity index (χ2n) is 3.90. The Bertz CT molecular complexity index is 441. The first kappa shape index (κ1) is 14.6. The Hall–Kier alpha value is -2.51. The van der Waals surface area contributed by atoms with E-state index >= 15 is 0 Å². The monoisotopic (exact) mass is 269 g/mol. The van der Waals surface area contributed by atoms with Crippen molar-refractivity contribution < 1.29 is 23.9 Å². The van der Waals surface area contributed by atoms with Gasteiger partial charge < -0.3 is 25.5 Å². The third-order valence-electron chi connectivity index (χ3n) is 2.27. The second-order valence-corrected chi connectivity index (χ2v) is 3.90. The van der Waals surface area contributed by atoms with Crippen molar-refractivity contribution in [3.63, 3.8) is 0 Å². The van der Waals surface area contributed by atoms with E-state index < -0.39 is 37.0 Å². The normalized spacial score (nSPS) is 11.6. The molecule has 0 fully saturated rings. The highest BCUT2D eigenvalue weighted by Gasteiger charge is 2.21. The molecule has 0 aliphatic heterocycles. The molecular formula is C11H15N3O5. The molecule has 3 amide bonds. The van der Waals surface area contributed by atoms with Crippen molar-refractivity contribution in [2.45, 2.75) is 13.0 Å². The number of carboxylic acids is 1. The van der Waals surface area contributed by atoms with Crippen LogP contribution < -0.4 is 11.1 Å². The fourth-order valence-corrected chi connectivity index (χ4v) is 1.44. The van der Waals surface area contributed by atoms with Crippen LogP contribution in [0.5, 0.6) is 0 Å². The predicted molar refractivity (Wildman–Crippen MR) is 64.1 cm³/mol. The highest BCUT2D eigenvalue weighted by atomic mass is 16.4. The zero-order valence-corrected chi connectivity index (χ0v) is 10.3. The predicted octanol–water partition coefficient (Wildman–Crippen LogP) is -0.0779. The van der Waals surface area contributed by atoms with E-state index in [9.17, 15) is 14.4 Å². The van der Waals surface area contributed by atoms with Gasteiger partial charge in [0.25, 0.3) is 0 Å². The van der Waals surface area contributed by atoms with Gasteiger partial charge in [-0.1, -0.05) is 0 Å². The Morgan fingerprint density at radius 2 is 2.16 bits per heavy atom. The lowest BCUT2D eigenvalue weighted by Gasteiger charge is -2.21. The standard InChI is InChI=1S/C11H15N3O5/c1-7(8-3-2-4-19-8)13-11(18)14(5-9(12)15)6-10(16)17/h2-4,7H,5-6H2,1H3,(H2,12,15)(H,13,18)(H,16,17). The minimum absolute atomic E-state index is 0.452. The lowest BCUT2D eigenvalue weighted by atomic mass is 10.2. The molecule has 19 heavy (non-hydrogen) atoms. The smallest absolute Gasteiger partial charge is 0.323 e. The van der Waals surface area contributed by atoms with E-state index in [-0.39, 0.29) is 0 Å². The van der Waals surface area contributed by atoms with Gasteiger partial charge in [0.15, 0.2) is 0 Å². The first-order chi connectivity index (χ1) is 8.90. The van der Waals surface area contributed by atoms with Crippen LogP contribution in [-0.4, -0.2) is 41.0 Å². The SMILES string of the molecule is CC(NC(=O)N(CC(N)=O)CC(=O)O)c1ccco1. The maximum atomic E-state index is 11.8. The molecule has 0 aliphatic rings. The van der Waals surface area contributed by atoms with E-state index in [0.717, 1.165) is 4.90 Å². The fraction of sp³-hybridized carbons (Fsp3) is 0.364. The largest absolute Gasteiger partial charge is 0.480 e. The van der Waals surface area contributed by atoms with E-state index in [4.69, 9.17) is 15.3 Å². The fourth-order valence-electron chi connectivity index (χ4n) is 1.44. The molecule has 0 saturated heterocycles. The molecule has 0 aromatic carbocycles. The van der Waals surface area contributed by atoms with Crippen LogP contribution >= 0.6 is 0 Å². The molecule has 1 rings (SSSR count). The van der Waals surface area contributed by atoms with Gasteiger partial charge in [0.1, 0.15) is 18.8 Å². The third kappa shape index (κ3) is 4.70. The molecular weight excluding hydrogens is 254 g/mol. The topological polar surface area (TPSA) is 126 Å². The summed E-state index contributed by atoms with van der Waals surface area (Å²) in [7, 11) is 0. The van der Waals surface area contributed by atoms with Crippen molar-refractivity contribution in [2.75, 3.05) is 13.1 Å². The van der Waals surface area contributed by atoms with E-state index in [0.29, 0.717) is 5.76 Å². The summed E-state index contributed by atoms with van der Waals surface area (Å²) in [5, 5.41) is 11.2. The molecule has 104 valence electrons. The molecule has 1 aromatic rings. The number of primary amides is 1. The molecule has 0 aliphatic carbocycles. The Kier molecular flexibility index (Phi) is 4.92. The Balaban J connectivity index is 2.65. The third-order valence-corrected chi connectivity index (χ3v) is 2.27. The molecule has 8 heteroatoms. The molecule has 0 bridgehead atoms. The van der Waals surface area contributed by atoms with Gasteiger partial charge >= 0.3 is 12.0 Å². The van der Waals surface area contributed by atoms with Crippen molar-refractivity contribution >= 4 is 17.9 Å². The maximum Gasteiger partial charge on any atom is 0.323 e. The van der Waals surface area contributed by atoms with Crippen LogP contribution in [0.15, 0.2) is 22.8 Å². The van der Waals surface area contributed by atoms with Gasteiger partial charge in [0.2, 0.25) is 5.91 Å². The maximum absolute atomic E-state index is 11.8. The number of hydrogen-bond acceptors (Lipinski definition) is 4. The first-order valence-electron chi connectivity index (χ1n) is 5.49. The highest BCUT2D eigenvalue weighted by Crippen LogP contribution is 2.12. The van der Waals surface area contributed by atoms with Gasteiger partial charge in [-0.25, -0.2) is 4.79 Å². The summed E-state index contributed by atoms with van der Waals surface area (Å²) in [5.41, 5.74) is 4.96. The van der Waals surface area contributed by atoms with Crippen molar-refractivity contribution in [3.05, 3.63) is 24.2 Å². The number of aliphatic carboxylic acids is 1. The Morgan fingerprint density at radius 1 is 1.47 bits per heavy atom. The number of rotatable bonds is 6. The van der Waals surface area contributed by atoms with Gasteiger partial charge in [-0.3, -0.25) is 9.59 Å². The number of carboxylic acid groups (broad SMARTS) is 1. The number of urea groups is 1. The minimum atomic E-state index is -1.23. The summed E-state index contributed by atoms with van der Waals surface area (Å²) in [6.45, 7) is 0.586. The van der Waals surface area contributed by atoms with E-state index in [1.54, 1.807) is 19.1 Å². The number of nitrogens with two attached hydrogens (primary N) is 1. The molecule has 0 spiro atoms. The van der Waals surface area contributed by atoms with Crippen molar-refractivity contribution in [2.24, 2.45) is 5.73 Å². The van der Waals surface area contributed by atoms with Crippen LogP contribution in [-0.2, 0) is 9.59 Å². The van der Waals surface area contributed by atoms with E-state index in [1.807, 2.05) is 0 Å². The lowest BCUT2D eigenvalue weighted by Crippen LogP contribution is -2.47. The number of nitrogens with one attached hydrogen (secondary N) is 1. The highest BCUT2D eigenvalue weighted by molar-refractivity contribution is 5.86. The van der Waals surface area contributed by atoms with E-state index in [2.05, 4.69) is 5.32 Å². The number of carbonyl (C=O) groups is 3. The van der Waals surface area contributed by atoms with Crippen LogP contribution in [0.1, 0.15) is 18.7 Å². The average molecular weight is 269 g/mol. The van der Waals surface area contributed by atoms with Crippen LogP contribution in [0.4, 0.5) is 4.79 Å². The summed E-state index contributed by atoms with van der Waals surface area (Å²) >= 11 is 0. The lowest BCUT2D eigenvalue weighted by molar-refractivity contribution is -0.137. The summed E-state index contributed by atoms with van der Waals surface area (Å²) in [6.07, 6.45) is 1.45. The van der Waals surface area contributed by atoms with E-state index in [1.165, 1.54) is 6.26 Å². The van der Waals surface area contributed by atoms with Gasteiger partial charge in [-0.15, -0.1) is 0 Å². The minimum Gasteiger partial charge on any atom is -0.480 e.